The van der Waals surface area contributed by atoms with Crippen molar-refractivity contribution < 1.29 is 19.2 Å². The molecular formula is C12H19N3O4. The zero-order valence-electron chi connectivity index (χ0n) is 11.2. The van der Waals surface area contributed by atoms with Crippen LogP contribution < -0.4 is 5.32 Å². The summed E-state index contributed by atoms with van der Waals surface area (Å²) in [4.78, 5) is 24.9. The van der Waals surface area contributed by atoms with Crippen LogP contribution in [0.15, 0.2) is 10.6 Å². The van der Waals surface area contributed by atoms with Crippen molar-refractivity contribution in [3.63, 3.8) is 0 Å². The molecule has 0 aliphatic carbocycles. The van der Waals surface area contributed by atoms with Gasteiger partial charge in [0.25, 0.3) is 5.91 Å². The van der Waals surface area contributed by atoms with Crippen molar-refractivity contribution in [1.82, 2.24) is 15.4 Å². The molecule has 1 heterocycles. The third kappa shape index (κ3) is 4.36. The summed E-state index contributed by atoms with van der Waals surface area (Å²) in [5.74, 6) is -0.377. The van der Waals surface area contributed by atoms with Crippen molar-refractivity contribution in [3.05, 3.63) is 17.5 Å². The Kier molecular flexibility index (Phi) is 6.01. The number of carbonyl (C=O) groups excluding carboxylic acids is 2. The summed E-state index contributed by atoms with van der Waals surface area (Å²) in [6, 6.07) is 1.47. The van der Waals surface area contributed by atoms with Crippen LogP contribution in [0.1, 0.15) is 30.1 Å². The molecule has 0 saturated carbocycles. The van der Waals surface area contributed by atoms with E-state index in [4.69, 9.17) is 9.63 Å². The number of hydrogen-bond donors (Lipinski definition) is 2. The van der Waals surface area contributed by atoms with Gasteiger partial charge < -0.3 is 19.8 Å². The van der Waals surface area contributed by atoms with Crippen molar-refractivity contribution in [3.8, 4) is 0 Å². The molecule has 0 aliphatic heterocycles. The van der Waals surface area contributed by atoms with Crippen LogP contribution in [0.4, 0.5) is 0 Å². The average Bonchev–Trinajstić information content (AvgIpc) is 2.86. The maximum Gasteiger partial charge on any atom is 0.292 e. The minimum absolute atomic E-state index is 0.0228. The van der Waals surface area contributed by atoms with Crippen LogP contribution in [-0.2, 0) is 11.2 Å². The number of amides is 2. The Hall–Kier alpha value is -1.89. The van der Waals surface area contributed by atoms with Gasteiger partial charge in [-0.3, -0.25) is 9.59 Å². The number of aromatic nitrogens is 1. The molecule has 0 aliphatic rings. The average molecular weight is 269 g/mol. The molecule has 7 nitrogen and oxygen atoms in total. The van der Waals surface area contributed by atoms with Gasteiger partial charge in [0.05, 0.1) is 18.7 Å². The Morgan fingerprint density at radius 3 is 2.68 bits per heavy atom. The zero-order chi connectivity index (χ0) is 14.3. The molecule has 1 rings (SSSR count). The van der Waals surface area contributed by atoms with Crippen molar-refractivity contribution in [2.24, 2.45) is 0 Å². The minimum atomic E-state index is -0.274. The molecule has 106 valence electrons. The number of hydrogen-bond acceptors (Lipinski definition) is 5. The number of aliphatic hydroxyl groups is 1. The van der Waals surface area contributed by atoms with Crippen molar-refractivity contribution in [1.29, 1.82) is 0 Å². The van der Waals surface area contributed by atoms with E-state index in [1.807, 2.05) is 13.8 Å². The number of aliphatic hydroxyl groups excluding tert-OH is 1. The number of carbonyl (C=O) groups is 2. The molecule has 0 unspecified atom stereocenters. The Morgan fingerprint density at radius 1 is 1.42 bits per heavy atom. The van der Waals surface area contributed by atoms with E-state index in [-0.39, 0.29) is 37.1 Å². The fourth-order valence-corrected chi connectivity index (χ4v) is 1.58. The lowest BCUT2D eigenvalue weighted by Gasteiger charge is -2.15. The van der Waals surface area contributed by atoms with Crippen LogP contribution in [0, 0.1) is 0 Å². The van der Waals surface area contributed by atoms with E-state index < -0.39 is 0 Å². The van der Waals surface area contributed by atoms with E-state index in [0.717, 1.165) is 0 Å². The molecule has 1 aromatic heterocycles. The number of nitrogens with one attached hydrogen (secondary N) is 1. The van der Waals surface area contributed by atoms with E-state index in [1.165, 1.54) is 6.07 Å². The lowest BCUT2D eigenvalue weighted by Crippen LogP contribution is -2.30. The van der Waals surface area contributed by atoms with Gasteiger partial charge in [-0.05, 0) is 13.8 Å². The largest absolute Gasteiger partial charge is 0.395 e. The van der Waals surface area contributed by atoms with Crippen LogP contribution in [0.2, 0.25) is 0 Å². The predicted molar refractivity (Wildman–Crippen MR) is 67.6 cm³/mol. The monoisotopic (exact) mass is 269 g/mol. The van der Waals surface area contributed by atoms with Gasteiger partial charge in [0, 0.05) is 25.7 Å². The predicted octanol–water partition coefficient (Wildman–Crippen LogP) is -0.192. The summed E-state index contributed by atoms with van der Waals surface area (Å²) in [7, 11) is 0. The van der Waals surface area contributed by atoms with Crippen molar-refractivity contribution >= 4 is 11.8 Å². The van der Waals surface area contributed by atoms with Crippen LogP contribution in [0.3, 0.4) is 0 Å². The molecule has 7 heteroatoms. The van der Waals surface area contributed by atoms with E-state index in [0.29, 0.717) is 18.8 Å². The summed E-state index contributed by atoms with van der Waals surface area (Å²) in [5, 5.41) is 14.8. The highest BCUT2D eigenvalue weighted by atomic mass is 16.5. The van der Waals surface area contributed by atoms with Gasteiger partial charge in [-0.25, -0.2) is 0 Å². The first kappa shape index (κ1) is 15.2. The van der Waals surface area contributed by atoms with Gasteiger partial charge in [-0.15, -0.1) is 0 Å². The molecule has 0 radical (unpaired) electrons. The van der Waals surface area contributed by atoms with Gasteiger partial charge in [0.15, 0.2) is 0 Å². The lowest BCUT2D eigenvalue weighted by molar-refractivity contribution is -0.120. The molecule has 0 fully saturated rings. The summed E-state index contributed by atoms with van der Waals surface area (Å²) in [5.41, 5.74) is 0.394. The van der Waals surface area contributed by atoms with E-state index in [9.17, 15) is 9.59 Å². The molecule has 19 heavy (non-hydrogen) atoms. The molecule has 0 saturated heterocycles. The molecule has 0 spiro atoms. The molecule has 2 amide bonds. The van der Waals surface area contributed by atoms with Crippen molar-refractivity contribution in [2.75, 3.05) is 26.2 Å². The van der Waals surface area contributed by atoms with Crippen LogP contribution in [0.5, 0.6) is 0 Å². The van der Waals surface area contributed by atoms with Gasteiger partial charge in [0.2, 0.25) is 11.7 Å². The molecule has 2 N–H and O–H groups in total. The van der Waals surface area contributed by atoms with Gasteiger partial charge >= 0.3 is 0 Å². The number of rotatable bonds is 7. The Bertz CT molecular complexity index is 426. The van der Waals surface area contributed by atoms with E-state index in [2.05, 4.69) is 10.5 Å². The summed E-state index contributed by atoms with van der Waals surface area (Å²) in [6.45, 7) is 5.00. The highest BCUT2D eigenvalue weighted by Crippen LogP contribution is 2.08. The van der Waals surface area contributed by atoms with Gasteiger partial charge in [-0.2, -0.15) is 0 Å². The highest BCUT2D eigenvalue weighted by Gasteiger charge is 2.18. The molecule has 0 bridgehead atoms. The van der Waals surface area contributed by atoms with Gasteiger partial charge in [0.1, 0.15) is 0 Å². The smallest absolute Gasteiger partial charge is 0.292 e. The minimum Gasteiger partial charge on any atom is -0.395 e. The van der Waals surface area contributed by atoms with Crippen LogP contribution >= 0.6 is 0 Å². The Labute approximate surface area is 111 Å². The molecule has 0 atom stereocenters. The molecule has 1 aromatic rings. The van der Waals surface area contributed by atoms with E-state index in [1.54, 1.807) is 4.90 Å². The van der Waals surface area contributed by atoms with Gasteiger partial charge in [-0.1, -0.05) is 5.16 Å². The Balaban J connectivity index is 2.61. The van der Waals surface area contributed by atoms with Crippen molar-refractivity contribution in [2.45, 2.75) is 20.3 Å². The summed E-state index contributed by atoms with van der Waals surface area (Å²) < 4.78 is 4.95. The molecule has 0 aromatic carbocycles. The maximum absolute atomic E-state index is 11.9. The first-order chi connectivity index (χ1) is 9.12. The van der Waals surface area contributed by atoms with Crippen LogP contribution in [0.25, 0.3) is 0 Å². The SMILES string of the molecule is CCN(CC)C(=O)c1cc(CC(=O)NCCO)no1. The first-order valence-corrected chi connectivity index (χ1v) is 6.24. The Morgan fingerprint density at radius 2 is 2.11 bits per heavy atom. The van der Waals surface area contributed by atoms with E-state index >= 15 is 0 Å². The number of nitrogens with zero attached hydrogens (tertiary/aromatic N) is 2. The summed E-state index contributed by atoms with van der Waals surface area (Å²) in [6.07, 6.45) is 0.0228. The standard InChI is InChI=1S/C12H19N3O4/c1-3-15(4-2)12(18)10-7-9(14-19-10)8-11(17)13-5-6-16/h7,16H,3-6,8H2,1-2H3,(H,13,17). The third-order valence-corrected chi connectivity index (χ3v) is 2.60. The quantitative estimate of drug-likeness (QED) is 0.715. The topological polar surface area (TPSA) is 95.7 Å². The zero-order valence-corrected chi connectivity index (χ0v) is 11.2. The summed E-state index contributed by atoms with van der Waals surface area (Å²) >= 11 is 0. The second-order valence-electron chi connectivity index (χ2n) is 3.91. The van der Waals surface area contributed by atoms with Crippen LogP contribution in [-0.4, -0.2) is 53.2 Å². The maximum atomic E-state index is 11.9. The fraction of sp³-hybridized carbons (Fsp3) is 0.583. The lowest BCUT2D eigenvalue weighted by atomic mass is 10.2. The highest BCUT2D eigenvalue weighted by molar-refractivity contribution is 5.91. The third-order valence-electron chi connectivity index (χ3n) is 2.60. The fourth-order valence-electron chi connectivity index (χ4n) is 1.58. The normalized spacial score (nSPS) is 10.3. The second kappa shape index (κ2) is 7.52. The first-order valence-electron chi connectivity index (χ1n) is 6.24. The second-order valence-corrected chi connectivity index (χ2v) is 3.91. The molecular weight excluding hydrogens is 250 g/mol.